The Bertz CT molecular complexity index is 1780. The third-order valence-electron chi connectivity index (χ3n) is 7.77. The number of halogens is 1. The molecule has 0 bridgehead atoms. The molecule has 0 saturated carbocycles. The van der Waals surface area contributed by atoms with Crippen LogP contribution in [-0.2, 0) is 11.3 Å². The summed E-state index contributed by atoms with van der Waals surface area (Å²) >= 11 is 0. The zero-order valence-electron chi connectivity index (χ0n) is 23.5. The van der Waals surface area contributed by atoms with E-state index in [1.165, 1.54) is 25.6 Å². The van der Waals surface area contributed by atoms with E-state index >= 15 is 0 Å². The van der Waals surface area contributed by atoms with Gasteiger partial charge in [-0.1, -0.05) is 24.3 Å². The molecule has 1 aliphatic heterocycles. The van der Waals surface area contributed by atoms with Crippen molar-refractivity contribution in [2.75, 3.05) is 30.8 Å². The van der Waals surface area contributed by atoms with Crippen molar-refractivity contribution in [3.8, 4) is 22.7 Å². The van der Waals surface area contributed by atoms with Crippen LogP contribution in [0.15, 0.2) is 73.1 Å². The molecular formula is C32H30FN7O3. The first-order valence-electron chi connectivity index (χ1n) is 14.0. The average molecular weight is 580 g/mol. The van der Waals surface area contributed by atoms with E-state index in [4.69, 9.17) is 15.6 Å². The van der Waals surface area contributed by atoms with Crippen molar-refractivity contribution in [2.45, 2.75) is 19.4 Å². The maximum absolute atomic E-state index is 13.7. The fraction of sp³-hybridized carbons (Fsp3) is 0.219. The number of amides is 1. The summed E-state index contributed by atoms with van der Waals surface area (Å²) in [5, 5.41) is 8.34. The van der Waals surface area contributed by atoms with Crippen LogP contribution in [0.5, 0.6) is 5.75 Å². The summed E-state index contributed by atoms with van der Waals surface area (Å²) in [6.07, 6.45) is 4.21. The average Bonchev–Trinajstić information content (AvgIpc) is 3.45. The highest BCUT2D eigenvalue weighted by Gasteiger charge is 2.21. The molecule has 3 heterocycles. The molecule has 2 aromatic heterocycles. The maximum Gasteiger partial charge on any atom is 0.255 e. The fourth-order valence-corrected chi connectivity index (χ4v) is 5.37. The third kappa shape index (κ3) is 5.61. The van der Waals surface area contributed by atoms with E-state index in [1.54, 1.807) is 4.68 Å². The first kappa shape index (κ1) is 27.8. The van der Waals surface area contributed by atoms with Crippen LogP contribution in [0, 0.1) is 11.7 Å². The lowest BCUT2D eigenvalue weighted by Gasteiger charge is -2.31. The van der Waals surface area contributed by atoms with Gasteiger partial charge in [0.2, 0.25) is 0 Å². The van der Waals surface area contributed by atoms with Crippen molar-refractivity contribution in [2.24, 2.45) is 5.92 Å². The maximum atomic E-state index is 13.7. The minimum Gasteiger partial charge on any atom is -0.496 e. The van der Waals surface area contributed by atoms with Gasteiger partial charge in [-0.2, -0.15) is 5.10 Å². The number of aromatic nitrogens is 4. The Morgan fingerprint density at radius 2 is 1.77 bits per heavy atom. The molecule has 0 radical (unpaired) electrons. The Labute approximate surface area is 247 Å². The standard InChI is InChI=1S/C32H30FN7O3/c1-43-27-11-6-23(33)16-26(27)32(42)35-17-20-2-4-22(5-3-20)29-28-30(34)36-19-37-31(28)40(38-29)25-9-7-24(8-10-25)39-14-12-21(18-41)13-15-39/h2-11,16,18-19,21H,12-15,17H2,1H3,(H,35,42)(H2,34,36,37). The molecule has 6 rings (SSSR count). The van der Waals surface area contributed by atoms with Crippen molar-refractivity contribution in [1.82, 2.24) is 25.1 Å². The number of methoxy groups -OCH3 is 1. The van der Waals surface area contributed by atoms with Crippen LogP contribution in [0.2, 0.25) is 0 Å². The lowest BCUT2D eigenvalue weighted by molar-refractivity contribution is -0.111. The highest BCUT2D eigenvalue weighted by molar-refractivity contribution is 5.99. The Morgan fingerprint density at radius 1 is 1.05 bits per heavy atom. The number of nitrogens with one attached hydrogen (secondary N) is 1. The molecule has 0 unspecified atom stereocenters. The lowest BCUT2D eigenvalue weighted by Crippen LogP contribution is -2.34. The van der Waals surface area contributed by atoms with E-state index in [9.17, 15) is 14.0 Å². The number of fused-ring (bicyclic) bond motifs is 1. The van der Waals surface area contributed by atoms with Gasteiger partial charge < -0.3 is 25.5 Å². The number of nitrogen functional groups attached to an aromatic ring is 1. The van der Waals surface area contributed by atoms with Gasteiger partial charge in [0.05, 0.1) is 23.7 Å². The SMILES string of the molecule is COc1ccc(F)cc1C(=O)NCc1ccc(-c2nn(-c3ccc(N4CCC(C=O)CC4)cc3)c3ncnc(N)c23)cc1. The molecule has 10 nitrogen and oxygen atoms in total. The summed E-state index contributed by atoms with van der Waals surface area (Å²) in [4.78, 5) is 34.8. The molecule has 5 aromatic rings. The highest BCUT2D eigenvalue weighted by Crippen LogP contribution is 2.32. The van der Waals surface area contributed by atoms with Gasteiger partial charge in [0.1, 0.15) is 35.7 Å². The normalized spacial score (nSPS) is 13.7. The van der Waals surface area contributed by atoms with Crippen molar-refractivity contribution < 1.29 is 18.7 Å². The van der Waals surface area contributed by atoms with Gasteiger partial charge in [-0.25, -0.2) is 19.0 Å². The molecule has 43 heavy (non-hydrogen) atoms. The first-order chi connectivity index (χ1) is 20.9. The molecule has 1 amide bonds. The Hall–Kier alpha value is -5.32. The molecule has 0 spiro atoms. The van der Waals surface area contributed by atoms with E-state index in [-0.39, 0.29) is 18.0 Å². The van der Waals surface area contributed by atoms with E-state index in [1.807, 2.05) is 36.4 Å². The second-order valence-corrected chi connectivity index (χ2v) is 10.4. The van der Waals surface area contributed by atoms with Crippen LogP contribution in [0.3, 0.4) is 0 Å². The summed E-state index contributed by atoms with van der Waals surface area (Å²) in [5.41, 5.74) is 11.2. The number of aldehydes is 1. The molecule has 1 saturated heterocycles. The molecule has 1 fully saturated rings. The molecule has 3 aromatic carbocycles. The van der Waals surface area contributed by atoms with Crippen LogP contribution in [0.1, 0.15) is 28.8 Å². The molecule has 11 heteroatoms. The molecule has 218 valence electrons. The van der Waals surface area contributed by atoms with Crippen LogP contribution in [0.25, 0.3) is 28.0 Å². The number of rotatable bonds is 8. The molecular weight excluding hydrogens is 549 g/mol. The number of hydrogen-bond acceptors (Lipinski definition) is 8. The number of piperidine rings is 1. The van der Waals surface area contributed by atoms with Crippen LogP contribution in [0.4, 0.5) is 15.9 Å². The zero-order chi connectivity index (χ0) is 29.9. The highest BCUT2D eigenvalue weighted by atomic mass is 19.1. The summed E-state index contributed by atoms with van der Waals surface area (Å²) in [5.74, 6) is -0.193. The van der Waals surface area contributed by atoms with Gasteiger partial charge in [0, 0.05) is 36.8 Å². The van der Waals surface area contributed by atoms with Crippen molar-refractivity contribution in [1.29, 1.82) is 0 Å². The van der Waals surface area contributed by atoms with Crippen LogP contribution in [-0.4, -0.2) is 52.1 Å². The van der Waals surface area contributed by atoms with Crippen LogP contribution < -0.4 is 20.7 Å². The predicted octanol–water partition coefficient (Wildman–Crippen LogP) is 4.56. The minimum absolute atomic E-state index is 0.127. The van der Waals surface area contributed by atoms with E-state index in [0.29, 0.717) is 28.3 Å². The van der Waals surface area contributed by atoms with E-state index < -0.39 is 11.7 Å². The number of benzene rings is 3. The Kier molecular flexibility index (Phi) is 7.69. The smallest absolute Gasteiger partial charge is 0.255 e. The second kappa shape index (κ2) is 11.9. The number of hydrogen-bond donors (Lipinski definition) is 2. The minimum atomic E-state index is -0.517. The van der Waals surface area contributed by atoms with Gasteiger partial charge in [0.15, 0.2) is 5.65 Å². The Morgan fingerprint density at radius 3 is 2.47 bits per heavy atom. The summed E-state index contributed by atoms with van der Waals surface area (Å²) in [7, 11) is 1.43. The van der Waals surface area contributed by atoms with Gasteiger partial charge >= 0.3 is 0 Å². The molecule has 3 N–H and O–H groups in total. The Balaban J connectivity index is 1.23. The fourth-order valence-electron chi connectivity index (χ4n) is 5.37. The summed E-state index contributed by atoms with van der Waals surface area (Å²) < 4.78 is 20.7. The molecule has 0 aliphatic carbocycles. The monoisotopic (exact) mass is 579 g/mol. The number of carbonyl (C=O) groups excluding carboxylic acids is 2. The van der Waals surface area contributed by atoms with Gasteiger partial charge in [-0.05, 0) is 60.9 Å². The summed E-state index contributed by atoms with van der Waals surface area (Å²) in [6, 6.07) is 19.5. The van der Waals surface area contributed by atoms with Crippen LogP contribution >= 0.6 is 0 Å². The third-order valence-corrected chi connectivity index (χ3v) is 7.77. The van der Waals surface area contributed by atoms with E-state index in [0.717, 1.165) is 60.8 Å². The number of anilines is 2. The largest absolute Gasteiger partial charge is 0.496 e. The second-order valence-electron chi connectivity index (χ2n) is 10.4. The van der Waals surface area contributed by atoms with Crippen molar-refractivity contribution in [3.63, 3.8) is 0 Å². The van der Waals surface area contributed by atoms with Crippen molar-refractivity contribution >= 4 is 34.7 Å². The first-order valence-corrected chi connectivity index (χ1v) is 14.0. The van der Waals surface area contributed by atoms with Gasteiger partial charge in [-0.15, -0.1) is 0 Å². The number of carbonyl (C=O) groups is 2. The molecule has 0 atom stereocenters. The van der Waals surface area contributed by atoms with Crippen molar-refractivity contribution in [3.05, 3.63) is 90.0 Å². The quantitative estimate of drug-likeness (QED) is 0.256. The number of ether oxygens (including phenoxy) is 1. The summed E-state index contributed by atoms with van der Waals surface area (Å²) in [6.45, 7) is 1.93. The van der Waals surface area contributed by atoms with Gasteiger partial charge in [-0.3, -0.25) is 4.79 Å². The predicted molar refractivity (Wildman–Crippen MR) is 162 cm³/mol. The topological polar surface area (TPSA) is 128 Å². The number of nitrogens with two attached hydrogens (primary N) is 1. The molecule has 1 aliphatic rings. The lowest BCUT2D eigenvalue weighted by atomic mass is 9.98. The van der Waals surface area contributed by atoms with E-state index in [2.05, 4.69) is 32.3 Å². The zero-order valence-corrected chi connectivity index (χ0v) is 23.5. The number of nitrogens with zero attached hydrogens (tertiary/aromatic N) is 5. The van der Waals surface area contributed by atoms with Gasteiger partial charge in [0.25, 0.3) is 5.91 Å².